The highest BCUT2D eigenvalue weighted by Gasteiger charge is 2.34. The Morgan fingerprint density at radius 1 is 0.837 bits per heavy atom. The van der Waals surface area contributed by atoms with Gasteiger partial charge >= 0.3 is 11.9 Å². The second-order valence-electron chi connectivity index (χ2n) is 10.8. The lowest BCUT2D eigenvalue weighted by molar-refractivity contribution is -0.145. The van der Waals surface area contributed by atoms with Crippen molar-refractivity contribution in [1.29, 1.82) is 0 Å². The third kappa shape index (κ3) is 9.26. The molecule has 4 rings (SSSR count). The SMILES string of the molecule is CCOC(=O)[C@H](C)NP(=O)(N[C@H](C)C(=O)OCC)c1ccc(C(NC(=O)c2cnc(-c3ccccn3)[nH]c2=O)c2ccc(OC)cc2)cc1. The molecule has 49 heavy (non-hydrogen) atoms. The van der Waals surface area contributed by atoms with Crippen molar-refractivity contribution in [1.82, 2.24) is 30.4 Å². The number of hydrogen-bond acceptors (Lipinski definition) is 10. The molecule has 0 bridgehead atoms. The molecule has 14 nitrogen and oxygen atoms in total. The number of methoxy groups -OCH3 is 1. The van der Waals surface area contributed by atoms with E-state index < -0.39 is 49.0 Å². The van der Waals surface area contributed by atoms with Crippen molar-refractivity contribution in [2.24, 2.45) is 0 Å². The van der Waals surface area contributed by atoms with Gasteiger partial charge in [-0.3, -0.25) is 28.7 Å². The van der Waals surface area contributed by atoms with E-state index in [0.717, 1.165) is 0 Å². The lowest BCUT2D eigenvalue weighted by atomic mass is 9.98. The van der Waals surface area contributed by atoms with Crippen LogP contribution in [0, 0.1) is 0 Å². The van der Waals surface area contributed by atoms with Gasteiger partial charge in [0.15, 0.2) is 5.82 Å². The van der Waals surface area contributed by atoms with Crippen LogP contribution in [0.5, 0.6) is 5.75 Å². The first-order valence-electron chi connectivity index (χ1n) is 15.5. The van der Waals surface area contributed by atoms with Crippen molar-refractivity contribution in [2.45, 2.75) is 45.8 Å². The van der Waals surface area contributed by atoms with E-state index in [-0.39, 0.29) is 29.9 Å². The van der Waals surface area contributed by atoms with Crippen LogP contribution >= 0.6 is 7.44 Å². The first kappa shape index (κ1) is 36.7. The van der Waals surface area contributed by atoms with E-state index in [0.29, 0.717) is 22.6 Å². The molecule has 0 aliphatic carbocycles. The van der Waals surface area contributed by atoms with E-state index in [1.54, 1.807) is 86.8 Å². The van der Waals surface area contributed by atoms with Crippen molar-refractivity contribution < 1.29 is 33.2 Å². The number of hydrogen-bond donors (Lipinski definition) is 4. The third-order valence-electron chi connectivity index (χ3n) is 7.30. The zero-order valence-corrected chi connectivity index (χ0v) is 28.7. The highest BCUT2D eigenvalue weighted by atomic mass is 31.2. The topological polar surface area (TPSA) is 191 Å². The number of H-pyrrole nitrogens is 1. The Morgan fingerprint density at radius 3 is 1.90 bits per heavy atom. The number of nitrogens with zero attached hydrogens (tertiary/aromatic N) is 2. The van der Waals surface area contributed by atoms with Crippen LogP contribution in [0.25, 0.3) is 11.5 Å². The van der Waals surface area contributed by atoms with Crippen LogP contribution in [0.1, 0.15) is 55.2 Å². The second-order valence-corrected chi connectivity index (χ2v) is 13.0. The fourth-order valence-corrected chi connectivity index (χ4v) is 7.05. The lowest BCUT2D eigenvalue weighted by Crippen LogP contribution is -2.44. The monoisotopic (exact) mass is 690 g/mol. The van der Waals surface area contributed by atoms with Crippen LogP contribution < -0.4 is 31.1 Å². The molecule has 0 saturated heterocycles. The van der Waals surface area contributed by atoms with Crippen LogP contribution in [-0.4, -0.2) is 65.2 Å². The summed E-state index contributed by atoms with van der Waals surface area (Å²) < 4.78 is 29.9. The normalized spacial score (nSPS) is 14.1. The highest BCUT2D eigenvalue weighted by molar-refractivity contribution is 7.67. The lowest BCUT2D eigenvalue weighted by Gasteiger charge is -2.27. The molecule has 258 valence electrons. The van der Waals surface area contributed by atoms with Gasteiger partial charge in [0.05, 0.1) is 26.4 Å². The molecule has 4 atom stereocenters. The molecule has 2 aromatic carbocycles. The van der Waals surface area contributed by atoms with Gasteiger partial charge in [0.2, 0.25) is 7.44 Å². The van der Waals surface area contributed by atoms with Crippen molar-refractivity contribution in [3.63, 3.8) is 0 Å². The number of carbonyl (C=O) groups excluding carboxylic acids is 3. The predicted octanol–water partition coefficient (Wildman–Crippen LogP) is 3.26. The van der Waals surface area contributed by atoms with Gasteiger partial charge in [-0.25, -0.2) is 15.2 Å². The van der Waals surface area contributed by atoms with Gasteiger partial charge in [-0.2, -0.15) is 0 Å². The molecule has 0 fully saturated rings. The summed E-state index contributed by atoms with van der Waals surface area (Å²) in [5.74, 6) is -1.12. The Kier molecular flexibility index (Phi) is 12.6. The van der Waals surface area contributed by atoms with E-state index >= 15 is 0 Å². The maximum absolute atomic E-state index is 14.4. The maximum Gasteiger partial charge on any atom is 0.323 e. The van der Waals surface area contributed by atoms with Gasteiger partial charge in [0.1, 0.15) is 29.1 Å². The van der Waals surface area contributed by atoms with Gasteiger partial charge in [0.25, 0.3) is 11.5 Å². The van der Waals surface area contributed by atoms with Gasteiger partial charge in [-0.1, -0.05) is 30.3 Å². The minimum atomic E-state index is -3.85. The summed E-state index contributed by atoms with van der Waals surface area (Å²) in [6.45, 7) is 6.59. The second kappa shape index (κ2) is 16.8. The summed E-state index contributed by atoms with van der Waals surface area (Å²) in [4.78, 5) is 62.4. The number of ether oxygens (including phenoxy) is 3. The summed E-state index contributed by atoms with van der Waals surface area (Å²) in [6, 6.07) is 15.8. The summed E-state index contributed by atoms with van der Waals surface area (Å²) in [5.41, 5.74) is 0.801. The quantitative estimate of drug-likeness (QED) is 0.105. The molecule has 0 aliphatic rings. The van der Waals surface area contributed by atoms with Gasteiger partial charge in [0, 0.05) is 17.7 Å². The zero-order valence-electron chi connectivity index (χ0n) is 27.8. The standard InChI is InChI=1S/C34H39N6O8P/c1-6-47-33(43)21(3)39-49(45,40-22(4)34(44)48-7-2)26-17-13-24(14-18-26)29(23-11-15-25(46-5)16-12-23)37-31(41)27-20-36-30(38-32(27)42)28-10-8-9-19-35-28/h8-22,29H,6-7H2,1-5H3,(H,37,41)(H,36,38,42)(H2,39,40,45)/t21-,22+,29?,49?. The molecular weight excluding hydrogens is 651 g/mol. The van der Waals surface area contributed by atoms with Gasteiger partial charge in [-0.05, 0) is 75.2 Å². The zero-order chi connectivity index (χ0) is 35.6. The number of amides is 1. The van der Waals surface area contributed by atoms with Crippen molar-refractivity contribution in [3.05, 3.63) is 106 Å². The molecule has 4 aromatic rings. The Hall–Kier alpha value is -5.17. The number of benzene rings is 2. The van der Waals surface area contributed by atoms with Crippen molar-refractivity contribution in [2.75, 3.05) is 20.3 Å². The molecule has 0 aliphatic heterocycles. The van der Waals surface area contributed by atoms with E-state index in [1.807, 2.05) is 0 Å². The summed E-state index contributed by atoms with van der Waals surface area (Å²) >= 11 is 0. The number of aromatic amines is 1. The molecule has 2 unspecified atom stereocenters. The van der Waals surface area contributed by atoms with Crippen molar-refractivity contribution in [3.8, 4) is 17.3 Å². The third-order valence-corrected chi connectivity index (χ3v) is 9.82. The van der Waals surface area contributed by atoms with E-state index in [9.17, 15) is 23.7 Å². The number of esters is 2. The summed E-state index contributed by atoms with van der Waals surface area (Å²) in [6.07, 6.45) is 2.75. The molecule has 15 heteroatoms. The number of pyridine rings is 1. The summed E-state index contributed by atoms with van der Waals surface area (Å²) in [5, 5.41) is 8.79. The number of carbonyl (C=O) groups is 3. The predicted molar refractivity (Wildman–Crippen MR) is 183 cm³/mol. The van der Waals surface area contributed by atoms with E-state index in [2.05, 4.69) is 30.4 Å². The smallest absolute Gasteiger partial charge is 0.323 e. The van der Waals surface area contributed by atoms with Crippen LogP contribution in [-0.2, 0) is 23.6 Å². The minimum Gasteiger partial charge on any atom is -0.497 e. The molecule has 0 radical (unpaired) electrons. The van der Waals surface area contributed by atoms with Crippen LogP contribution in [0.15, 0.2) is 83.9 Å². The molecule has 1 amide bonds. The Labute approximate surface area is 283 Å². The minimum absolute atomic E-state index is 0.130. The Balaban J connectivity index is 1.68. The first-order valence-corrected chi connectivity index (χ1v) is 17.2. The molecular formula is C34H39N6O8P. The maximum atomic E-state index is 14.4. The number of nitrogens with one attached hydrogen (secondary N) is 4. The van der Waals surface area contributed by atoms with E-state index in [1.165, 1.54) is 27.2 Å². The first-order chi connectivity index (χ1) is 23.5. The number of aromatic nitrogens is 3. The average Bonchev–Trinajstić information content (AvgIpc) is 3.11. The molecule has 2 aromatic heterocycles. The van der Waals surface area contributed by atoms with Crippen LogP contribution in [0.2, 0.25) is 0 Å². The highest BCUT2D eigenvalue weighted by Crippen LogP contribution is 2.37. The fourth-order valence-electron chi connectivity index (χ4n) is 4.80. The summed E-state index contributed by atoms with van der Waals surface area (Å²) in [7, 11) is -2.31. The molecule has 0 saturated carbocycles. The fraction of sp³-hybridized carbons (Fsp3) is 0.294. The largest absolute Gasteiger partial charge is 0.497 e. The Bertz CT molecular complexity index is 1820. The molecule has 0 spiro atoms. The van der Waals surface area contributed by atoms with Crippen LogP contribution in [0.4, 0.5) is 0 Å². The van der Waals surface area contributed by atoms with Crippen LogP contribution in [0.3, 0.4) is 0 Å². The number of rotatable bonds is 15. The average molecular weight is 691 g/mol. The van der Waals surface area contributed by atoms with E-state index in [4.69, 9.17) is 14.2 Å². The van der Waals surface area contributed by atoms with Gasteiger partial charge in [-0.15, -0.1) is 0 Å². The van der Waals surface area contributed by atoms with Crippen molar-refractivity contribution >= 4 is 30.6 Å². The van der Waals surface area contributed by atoms with Gasteiger partial charge < -0.3 is 24.5 Å². The Morgan fingerprint density at radius 2 is 1.41 bits per heavy atom. The molecule has 4 N–H and O–H groups in total. The molecule has 2 heterocycles.